The molecular formula is C20H25ClN2O2. The second kappa shape index (κ2) is 10.6. The van der Waals surface area contributed by atoms with Crippen LogP contribution in [-0.2, 0) is 4.79 Å². The van der Waals surface area contributed by atoms with Crippen molar-refractivity contribution in [3.05, 3.63) is 60.2 Å². The molecule has 0 bridgehead atoms. The summed E-state index contributed by atoms with van der Waals surface area (Å²) >= 11 is 0. The Morgan fingerprint density at radius 3 is 2.12 bits per heavy atom. The number of Topliss-reactive ketones (excluding diaryl/α,β-unsaturated/α-hetero) is 1. The molecule has 1 atom stereocenters. The van der Waals surface area contributed by atoms with Gasteiger partial charge in [-0.05, 0) is 25.1 Å². The van der Waals surface area contributed by atoms with E-state index < -0.39 is 0 Å². The van der Waals surface area contributed by atoms with Crippen LogP contribution in [0.3, 0.4) is 0 Å². The average molecular weight is 361 g/mol. The van der Waals surface area contributed by atoms with Crippen LogP contribution in [0.25, 0.3) is 11.1 Å². The maximum absolute atomic E-state index is 12.2. The minimum absolute atomic E-state index is 0. The van der Waals surface area contributed by atoms with Crippen molar-refractivity contribution in [2.75, 3.05) is 13.6 Å². The van der Waals surface area contributed by atoms with Gasteiger partial charge in [-0.3, -0.25) is 9.59 Å². The van der Waals surface area contributed by atoms with Crippen molar-refractivity contribution in [3.63, 3.8) is 0 Å². The van der Waals surface area contributed by atoms with Gasteiger partial charge in [0.25, 0.3) is 0 Å². The Bertz CT molecular complexity index is 672. The number of likely N-dealkylation sites (N-methyl/N-ethyl adjacent to an activating group) is 1. The molecule has 5 heteroatoms. The minimum atomic E-state index is -0.0913. The van der Waals surface area contributed by atoms with Crippen LogP contribution in [0.1, 0.15) is 30.1 Å². The highest BCUT2D eigenvalue weighted by atomic mass is 35.5. The number of amides is 1. The highest BCUT2D eigenvalue weighted by Crippen LogP contribution is 2.19. The summed E-state index contributed by atoms with van der Waals surface area (Å²) < 4.78 is 0. The first-order chi connectivity index (χ1) is 11.6. The van der Waals surface area contributed by atoms with Crippen molar-refractivity contribution in [1.82, 2.24) is 10.6 Å². The van der Waals surface area contributed by atoms with E-state index >= 15 is 0 Å². The van der Waals surface area contributed by atoms with Gasteiger partial charge in [0.05, 0.1) is 0 Å². The Morgan fingerprint density at radius 1 is 0.920 bits per heavy atom. The van der Waals surface area contributed by atoms with Crippen molar-refractivity contribution in [2.24, 2.45) is 0 Å². The molecule has 2 aromatic carbocycles. The van der Waals surface area contributed by atoms with Gasteiger partial charge < -0.3 is 10.6 Å². The van der Waals surface area contributed by atoms with Gasteiger partial charge in [-0.2, -0.15) is 0 Å². The molecule has 0 aliphatic carbocycles. The number of hydrogen-bond acceptors (Lipinski definition) is 3. The van der Waals surface area contributed by atoms with E-state index in [9.17, 15) is 9.59 Å². The topological polar surface area (TPSA) is 58.2 Å². The molecule has 0 saturated carbocycles. The van der Waals surface area contributed by atoms with Gasteiger partial charge in [0, 0.05) is 31.0 Å². The lowest BCUT2D eigenvalue weighted by Gasteiger charge is -2.11. The summed E-state index contributed by atoms with van der Waals surface area (Å²) in [6.45, 7) is 2.55. The second-order valence-electron chi connectivity index (χ2n) is 5.86. The zero-order valence-electron chi connectivity index (χ0n) is 14.6. The molecule has 0 aliphatic rings. The molecule has 4 nitrogen and oxygen atoms in total. The molecule has 0 spiro atoms. The van der Waals surface area contributed by atoms with Crippen LogP contribution in [0.4, 0.5) is 0 Å². The number of ketones is 1. The van der Waals surface area contributed by atoms with Crippen molar-refractivity contribution in [1.29, 1.82) is 0 Å². The molecule has 134 valence electrons. The van der Waals surface area contributed by atoms with Crippen molar-refractivity contribution < 1.29 is 9.59 Å². The number of halogens is 1. The van der Waals surface area contributed by atoms with Crippen LogP contribution < -0.4 is 10.6 Å². The van der Waals surface area contributed by atoms with Crippen molar-refractivity contribution >= 4 is 24.1 Å². The van der Waals surface area contributed by atoms with Crippen LogP contribution >= 0.6 is 12.4 Å². The van der Waals surface area contributed by atoms with Crippen LogP contribution in [0.2, 0.25) is 0 Å². The van der Waals surface area contributed by atoms with Gasteiger partial charge in [0.1, 0.15) is 0 Å². The largest absolute Gasteiger partial charge is 0.355 e. The standard InChI is InChI=1S/C20H24N2O2.ClH/c1-15(21-2)14-22-20(24)13-12-19(23)18-10-8-17(9-11-18)16-6-4-3-5-7-16;/h3-11,15,21H,12-14H2,1-2H3,(H,22,24);1H. The molecule has 2 rings (SSSR count). The predicted octanol–water partition coefficient (Wildman–Crippen LogP) is 3.46. The van der Waals surface area contributed by atoms with Gasteiger partial charge in [-0.15, -0.1) is 12.4 Å². The van der Waals surface area contributed by atoms with Gasteiger partial charge in [0.2, 0.25) is 5.91 Å². The second-order valence-corrected chi connectivity index (χ2v) is 5.86. The van der Waals surface area contributed by atoms with E-state index in [0.29, 0.717) is 12.1 Å². The molecule has 25 heavy (non-hydrogen) atoms. The van der Waals surface area contributed by atoms with Crippen molar-refractivity contribution in [2.45, 2.75) is 25.8 Å². The molecular weight excluding hydrogens is 336 g/mol. The van der Waals surface area contributed by atoms with E-state index in [1.165, 1.54) is 0 Å². The van der Waals surface area contributed by atoms with Gasteiger partial charge in [-0.1, -0.05) is 54.6 Å². The van der Waals surface area contributed by atoms with Crippen LogP contribution in [-0.4, -0.2) is 31.3 Å². The molecule has 0 saturated heterocycles. The van der Waals surface area contributed by atoms with Gasteiger partial charge in [0.15, 0.2) is 5.78 Å². The minimum Gasteiger partial charge on any atom is -0.355 e. The smallest absolute Gasteiger partial charge is 0.220 e. The molecule has 0 aliphatic heterocycles. The average Bonchev–Trinajstić information content (AvgIpc) is 2.64. The van der Waals surface area contributed by atoms with Crippen LogP contribution in [0, 0.1) is 0 Å². The number of benzene rings is 2. The highest BCUT2D eigenvalue weighted by molar-refractivity contribution is 5.98. The van der Waals surface area contributed by atoms with Crippen LogP contribution in [0.15, 0.2) is 54.6 Å². The van der Waals surface area contributed by atoms with Crippen molar-refractivity contribution in [3.8, 4) is 11.1 Å². The number of nitrogens with one attached hydrogen (secondary N) is 2. The lowest BCUT2D eigenvalue weighted by molar-refractivity contribution is -0.121. The Kier molecular flexibility index (Phi) is 8.89. The Morgan fingerprint density at radius 2 is 1.52 bits per heavy atom. The maximum Gasteiger partial charge on any atom is 0.220 e. The Labute approximate surface area is 155 Å². The van der Waals surface area contributed by atoms with E-state index in [1.807, 2.05) is 68.6 Å². The molecule has 0 heterocycles. The molecule has 0 aromatic heterocycles. The fourth-order valence-corrected chi connectivity index (χ4v) is 2.31. The Balaban J connectivity index is 0.00000312. The predicted molar refractivity (Wildman–Crippen MR) is 104 cm³/mol. The molecule has 2 N–H and O–H groups in total. The van der Waals surface area contributed by atoms with Gasteiger partial charge in [-0.25, -0.2) is 0 Å². The third-order valence-corrected chi connectivity index (χ3v) is 3.99. The number of carbonyl (C=O) groups excluding carboxylic acids is 2. The number of carbonyl (C=O) groups is 2. The molecule has 2 aromatic rings. The number of hydrogen-bond donors (Lipinski definition) is 2. The lowest BCUT2D eigenvalue weighted by Crippen LogP contribution is -2.37. The Hall–Kier alpha value is -2.17. The third-order valence-electron chi connectivity index (χ3n) is 3.99. The summed E-state index contributed by atoms with van der Waals surface area (Å²) in [6, 6.07) is 17.8. The fraction of sp³-hybridized carbons (Fsp3) is 0.300. The lowest BCUT2D eigenvalue weighted by atomic mass is 10.0. The molecule has 0 fully saturated rings. The summed E-state index contributed by atoms with van der Waals surface area (Å²) in [4.78, 5) is 23.9. The first kappa shape index (κ1) is 20.9. The highest BCUT2D eigenvalue weighted by Gasteiger charge is 2.10. The monoisotopic (exact) mass is 360 g/mol. The summed E-state index contributed by atoms with van der Waals surface area (Å²) in [6.07, 6.45) is 0.445. The maximum atomic E-state index is 12.2. The quantitative estimate of drug-likeness (QED) is 0.709. The van der Waals surface area contributed by atoms with Gasteiger partial charge >= 0.3 is 0 Å². The molecule has 1 amide bonds. The summed E-state index contributed by atoms with van der Waals surface area (Å²) in [5.74, 6) is -0.0993. The summed E-state index contributed by atoms with van der Waals surface area (Å²) in [5.41, 5.74) is 2.84. The SMILES string of the molecule is CNC(C)CNC(=O)CCC(=O)c1ccc(-c2ccccc2)cc1.Cl. The van der Waals surface area contributed by atoms with E-state index in [0.717, 1.165) is 11.1 Å². The van der Waals surface area contributed by atoms with Crippen LogP contribution in [0.5, 0.6) is 0 Å². The van der Waals surface area contributed by atoms with E-state index in [1.54, 1.807) is 0 Å². The number of rotatable bonds is 8. The van der Waals surface area contributed by atoms with E-state index in [4.69, 9.17) is 0 Å². The fourth-order valence-electron chi connectivity index (χ4n) is 2.31. The summed E-state index contributed by atoms with van der Waals surface area (Å²) in [5, 5.41) is 5.87. The van der Waals surface area contributed by atoms with E-state index in [-0.39, 0.29) is 43.0 Å². The zero-order chi connectivity index (χ0) is 17.4. The first-order valence-electron chi connectivity index (χ1n) is 8.23. The third kappa shape index (κ3) is 6.69. The first-order valence-corrected chi connectivity index (χ1v) is 8.23. The normalized spacial score (nSPS) is 11.3. The summed E-state index contributed by atoms with van der Waals surface area (Å²) in [7, 11) is 1.85. The molecule has 0 radical (unpaired) electrons. The van der Waals surface area contributed by atoms with E-state index in [2.05, 4.69) is 10.6 Å². The molecule has 1 unspecified atom stereocenters. The zero-order valence-corrected chi connectivity index (χ0v) is 15.4.